The van der Waals surface area contributed by atoms with Crippen LogP contribution in [0, 0.1) is 0 Å². The lowest BCUT2D eigenvalue weighted by Gasteiger charge is -2.02. The second-order valence-corrected chi connectivity index (χ2v) is 2.99. The van der Waals surface area contributed by atoms with E-state index in [1.807, 2.05) is 13.8 Å². The molecular weight excluding hydrogens is 188 g/mol. The first-order valence-electron chi connectivity index (χ1n) is 4.18. The van der Waals surface area contributed by atoms with Crippen molar-refractivity contribution in [2.45, 2.75) is 33.1 Å². The Bertz CT molecular complexity index is 310. The van der Waals surface area contributed by atoms with Crippen LogP contribution in [0.25, 0.3) is 0 Å². The number of carboxylic acid groups (broad SMARTS) is 1. The first-order valence-corrected chi connectivity index (χ1v) is 4.18. The van der Waals surface area contributed by atoms with Gasteiger partial charge in [0.15, 0.2) is 12.4 Å². The number of aromatic nitrogens is 4. The number of carboxylic acids is 1. The van der Waals surface area contributed by atoms with Crippen LogP contribution in [0.5, 0.6) is 0 Å². The van der Waals surface area contributed by atoms with Crippen molar-refractivity contribution in [3.05, 3.63) is 5.82 Å². The molecule has 1 heterocycles. The largest absolute Gasteiger partial charge is 0.480 e. The van der Waals surface area contributed by atoms with Gasteiger partial charge in [-0.25, -0.2) is 0 Å². The number of nitrogens with zero attached hydrogens (tertiary/aromatic N) is 4. The monoisotopic (exact) mass is 200 g/mol. The van der Waals surface area contributed by atoms with E-state index in [0.29, 0.717) is 5.82 Å². The number of hydrogen-bond acceptors (Lipinski definition) is 5. The van der Waals surface area contributed by atoms with Crippen molar-refractivity contribution in [1.29, 1.82) is 0 Å². The Labute approximate surface area is 80.7 Å². The molecule has 0 atom stereocenters. The molecular formula is C7H12N4O3. The highest BCUT2D eigenvalue weighted by Gasteiger charge is 2.06. The summed E-state index contributed by atoms with van der Waals surface area (Å²) in [5.41, 5.74) is 0. The van der Waals surface area contributed by atoms with Crippen LogP contribution in [0.2, 0.25) is 0 Å². The number of hydrogen-bond donors (Lipinski definition) is 1. The fraction of sp³-hybridized carbons (Fsp3) is 0.714. The third kappa shape index (κ3) is 3.48. The molecule has 0 unspecified atom stereocenters. The Morgan fingerprint density at radius 2 is 2.36 bits per heavy atom. The molecule has 78 valence electrons. The summed E-state index contributed by atoms with van der Waals surface area (Å²) in [6.07, 6.45) is 0.0847. The predicted octanol–water partition coefficient (Wildman–Crippen LogP) is -0.317. The number of rotatable bonds is 5. The van der Waals surface area contributed by atoms with Crippen molar-refractivity contribution < 1.29 is 14.6 Å². The van der Waals surface area contributed by atoms with Gasteiger partial charge in [0.05, 0.1) is 6.10 Å². The van der Waals surface area contributed by atoms with Gasteiger partial charge in [0.2, 0.25) is 0 Å². The van der Waals surface area contributed by atoms with Gasteiger partial charge in [-0.3, -0.25) is 4.79 Å². The maximum atomic E-state index is 10.3. The zero-order valence-corrected chi connectivity index (χ0v) is 8.04. The molecule has 7 nitrogen and oxygen atoms in total. The van der Waals surface area contributed by atoms with Gasteiger partial charge in [0.1, 0.15) is 6.61 Å². The maximum Gasteiger partial charge on any atom is 0.327 e. The second-order valence-electron chi connectivity index (χ2n) is 2.99. The molecule has 1 aromatic heterocycles. The van der Waals surface area contributed by atoms with E-state index in [-0.39, 0.29) is 19.3 Å². The smallest absolute Gasteiger partial charge is 0.327 e. The van der Waals surface area contributed by atoms with Crippen molar-refractivity contribution >= 4 is 5.97 Å². The average molecular weight is 200 g/mol. The van der Waals surface area contributed by atoms with Gasteiger partial charge in [-0.15, -0.1) is 10.2 Å². The zero-order valence-electron chi connectivity index (χ0n) is 8.04. The van der Waals surface area contributed by atoms with Crippen molar-refractivity contribution in [3.63, 3.8) is 0 Å². The van der Waals surface area contributed by atoms with E-state index >= 15 is 0 Å². The van der Waals surface area contributed by atoms with Crippen LogP contribution in [0.15, 0.2) is 0 Å². The van der Waals surface area contributed by atoms with Gasteiger partial charge in [0, 0.05) is 0 Å². The summed E-state index contributed by atoms with van der Waals surface area (Å²) in [7, 11) is 0. The number of carbonyl (C=O) groups is 1. The van der Waals surface area contributed by atoms with Gasteiger partial charge in [-0.05, 0) is 19.1 Å². The molecule has 0 radical (unpaired) electrons. The van der Waals surface area contributed by atoms with Gasteiger partial charge in [0.25, 0.3) is 0 Å². The highest BCUT2D eigenvalue weighted by Crippen LogP contribution is 1.95. The van der Waals surface area contributed by atoms with Crippen molar-refractivity contribution in [2.24, 2.45) is 0 Å². The van der Waals surface area contributed by atoms with Gasteiger partial charge < -0.3 is 9.84 Å². The van der Waals surface area contributed by atoms with E-state index in [2.05, 4.69) is 15.4 Å². The van der Waals surface area contributed by atoms with Crippen molar-refractivity contribution in [2.75, 3.05) is 0 Å². The summed E-state index contributed by atoms with van der Waals surface area (Å²) >= 11 is 0. The third-order valence-electron chi connectivity index (χ3n) is 1.32. The highest BCUT2D eigenvalue weighted by molar-refractivity contribution is 5.66. The van der Waals surface area contributed by atoms with Crippen LogP contribution in [-0.4, -0.2) is 37.4 Å². The van der Waals surface area contributed by atoms with Crippen LogP contribution in [-0.2, 0) is 22.7 Å². The van der Waals surface area contributed by atoms with Gasteiger partial charge >= 0.3 is 5.97 Å². The molecule has 14 heavy (non-hydrogen) atoms. The molecule has 0 bridgehead atoms. The van der Waals surface area contributed by atoms with Crippen LogP contribution in [0.1, 0.15) is 19.7 Å². The van der Waals surface area contributed by atoms with Crippen LogP contribution >= 0.6 is 0 Å². The molecule has 0 aliphatic carbocycles. The molecule has 1 N–H and O–H groups in total. The van der Waals surface area contributed by atoms with Crippen LogP contribution in [0.3, 0.4) is 0 Å². The molecule has 0 aromatic carbocycles. The molecule has 7 heteroatoms. The maximum absolute atomic E-state index is 10.3. The minimum atomic E-state index is -1.00. The number of ether oxygens (including phenoxy) is 1. The summed E-state index contributed by atoms with van der Waals surface area (Å²) in [4.78, 5) is 11.3. The van der Waals surface area contributed by atoms with E-state index in [4.69, 9.17) is 9.84 Å². The van der Waals surface area contributed by atoms with Crippen LogP contribution < -0.4 is 0 Å². The first kappa shape index (κ1) is 10.6. The summed E-state index contributed by atoms with van der Waals surface area (Å²) in [6.45, 7) is 3.75. The van der Waals surface area contributed by atoms with E-state index in [9.17, 15) is 4.79 Å². The fourth-order valence-corrected chi connectivity index (χ4v) is 0.763. The Morgan fingerprint density at radius 3 is 2.93 bits per heavy atom. The lowest BCUT2D eigenvalue weighted by molar-refractivity contribution is -0.138. The highest BCUT2D eigenvalue weighted by atomic mass is 16.5. The molecule has 0 fully saturated rings. The molecule has 0 spiro atoms. The zero-order chi connectivity index (χ0) is 10.6. The van der Waals surface area contributed by atoms with Crippen molar-refractivity contribution in [1.82, 2.24) is 20.2 Å². The quantitative estimate of drug-likeness (QED) is 0.700. The number of tetrazole rings is 1. The summed E-state index contributed by atoms with van der Waals surface area (Å²) < 4.78 is 5.22. The SMILES string of the molecule is CC(C)OCc1nnn(CC(=O)O)n1. The summed E-state index contributed by atoms with van der Waals surface area (Å²) in [5, 5.41) is 19.4. The molecule has 0 saturated carbocycles. The summed E-state index contributed by atoms with van der Waals surface area (Å²) in [6, 6.07) is 0. The van der Waals surface area contributed by atoms with Gasteiger partial charge in [-0.1, -0.05) is 0 Å². The Balaban J connectivity index is 2.46. The minimum absolute atomic E-state index is 0.0847. The van der Waals surface area contributed by atoms with E-state index in [1.54, 1.807) is 0 Å². The Hall–Kier alpha value is -1.50. The second kappa shape index (κ2) is 4.66. The lowest BCUT2D eigenvalue weighted by atomic mass is 10.5. The van der Waals surface area contributed by atoms with Gasteiger partial charge in [-0.2, -0.15) is 4.80 Å². The fourth-order valence-electron chi connectivity index (χ4n) is 0.763. The molecule has 0 amide bonds. The minimum Gasteiger partial charge on any atom is -0.480 e. The predicted molar refractivity (Wildman–Crippen MR) is 45.4 cm³/mol. The topological polar surface area (TPSA) is 90.1 Å². The van der Waals surface area contributed by atoms with E-state index < -0.39 is 5.97 Å². The van der Waals surface area contributed by atoms with Crippen LogP contribution in [0.4, 0.5) is 0 Å². The normalized spacial score (nSPS) is 10.8. The lowest BCUT2D eigenvalue weighted by Crippen LogP contribution is -2.12. The van der Waals surface area contributed by atoms with E-state index in [0.717, 1.165) is 4.80 Å². The first-order chi connectivity index (χ1) is 6.58. The molecule has 0 aliphatic heterocycles. The van der Waals surface area contributed by atoms with E-state index in [1.165, 1.54) is 0 Å². The third-order valence-corrected chi connectivity index (χ3v) is 1.32. The molecule has 1 aromatic rings. The Morgan fingerprint density at radius 1 is 1.64 bits per heavy atom. The summed E-state index contributed by atoms with van der Waals surface area (Å²) in [5.74, 6) is -0.612. The molecule has 0 aliphatic rings. The molecule has 0 saturated heterocycles. The number of aliphatic carboxylic acids is 1. The van der Waals surface area contributed by atoms with Crippen molar-refractivity contribution in [3.8, 4) is 0 Å². The Kier molecular flexibility index (Phi) is 3.52. The molecule has 1 rings (SSSR count). The average Bonchev–Trinajstić information content (AvgIpc) is 2.47. The standard InChI is InChI=1S/C7H12N4O3/c1-5(2)14-4-6-8-10-11(9-6)3-7(12)13/h5H,3-4H2,1-2H3,(H,12,13).